The summed E-state index contributed by atoms with van der Waals surface area (Å²) in [6, 6.07) is 0. The monoisotopic (exact) mass is 239 g/mol. The fourth-order valence-corrected chi connectivity index (χ4v) is 2.86. The van der Waals surface area contributed by atoms with Crippen molar-refractivity contribution < 1.29 is 4.79 Å². The van der Waals surface area contributed by atoms with Crippen LogP contribution in [0.1, 0.15) is 26.2 Å². The van der Waals surface area contributed by atoms with E-state index in [0.717, 1.165) is 39.1 Å². The summed E-state index contributed by atoms with van der Waals surface area (Å²) in [5.41, 5.74) is 0.248. The molecule has 2 saturated heterocycles. The average molecular weight is 239 g/mol. The molecular weight excluding hydrogens is 214 g/mol. The summed E-state index contributed by atoms with van der Waals surface area (Å²) < 4.78 is 0. The Morgan fingerprint density at radius 1 is 1.59 bits per heavy atom. The second-order valence-electron chi connectivity index (χ2n) is 6.06. The SMILES string of the molecule is CN1CCC(C(=O)NCC2(C)CCCNC2)C1. The number of nitrogens with one attached hydrogen (secondary N) is 2. The lowest BCUT2D eigenvalue weighted by atomic mass is 9.82. The van der Waals surface area contributed by atoms with Crippen molar-refractivity contribution in [3.63, 3.8) is 0 Å². The van der Waals surface area contributed by atoms with E-state index in [2.05, 4.69) is 29.5 Å². The number of carbonyl (C=O) groups excluding carboxylic acids is 1. The zero-order chi connectivity index (χ0) is 12.3. The van der Waals surface area contributed by atoms with Gasteiger partial charge < -0.3 is 15.5 Å². The van der Waals surface area contributed by atoms with Gasteiger partial charge in [-0.3, -0.25) is 4.79 Å². The maximum atomic E-state index is 12.0. The van der Waals surface area contributed by atoms with Gasteiger partial charge in [-0.2, -0.15) is 0 Å². The van der Waals surface area contributed by atoms with Gasteiger partial charge in [-0.25, -0.2) is 0 Å². The van der Waals surface area contributed by atoms with Crippen LogP contribution in [0, 0.1) is 11.3 Å². The largest absolute Gasteiger partial charge is 0.355 e. The molecule has 0 bridgehead atoms. The Morgan fingerprint density at radius 2 is 2.41 bits per heavy atom. The molecule has 2 N–H and O–H groups in total. The Bertz CT molecular complexity index is 274. The minimum Gasteiger partial charge on any atom is -0.355 e. The number of nitrogens with zero attached hydrogens (tertiary/aromatic N) is 1. The highest BCUT2D eigenvalue weighted by Gasteiger charge is 2.30. The molecule has 2 aliphatic heterocycles. The third-order valence-corrected chi connectivity index (χ3v) is 4.14. The lowest BCUT2D eigenvalue weighted by molar-refractivity contribution is -0.125. The molecule has 0 aromatic carbocycles. The molecule has 2 atom stereocenters. The first-order valence-corrected chi connectivity index (χ1v) is 6.76. The van der Waals surface area contributed by atoms with Crippen LogP contribution in [0.4, 0.5) is 0 Å². The molecule has 2 fully saturated rings. The van der Waals surface area contributed by atoms with Crippen molar-refractivity contribution in [1.82, 2.24) is 15.5 Å². The van der Waals surface area contributed by atoms with Gasteiger partial charge in [-0.15, -0.1) is 0 Å². The first kappa shape index (κ1) is 12.8. The van der Waals surface area contributed by atoms with Gasteiger partial charge in [0.25, 0.3) is 0 Å². The van der Waals surface area contributed by atoms with Crippen molar-refractivity contribution in [1.29, 1.82) is 0 Å². The maximum absolute atomic E-state index is 12.0. The average Bonchev–Trinajstić information content (AvgIpc) is 2.74. The molecule has 2 aliphatic rings. The molecule has 2 unspecified atom stereocenters. The van der Waals surface area contributed by atoms with Gasteiger partial charge in [0, 0.05) is 19.6 Å². The summed E-state index contributed by atoms with van der Waals surface area (Å²) in [5.74, 6) is 0.460. The van der Waals surface area contributed by atoms with Gasteiger partial charge in [0.1, 0.15) is 0 Å². The van der Waals surface area contributed by atoms with E-state index in [4.69, 9.17) is 0 Å². The van der Waals surface area contributed by atoms with Gasteiger partial charge in [0.15, 0.2) is 0 Å². The number of piperidine rings is 1. The molecule has 0 aromatic heterocycles. The molecule has 2 rings (SSSR count). The number of hydrogen-bond donors (Lipinski definition) is 2. The van der Waals surface area contributed by atoms with E-state index >= 15 is 0 Å². The van der Waals surface area contributed by atoms with Crippen molar-refractivity contribution >= 4 is 5.91 Å². The fraction of sp³-hybridized carbons (Fsp3) is 0.923. The molecule has 17 heavy (non-hydrogen) atoms. The van der Waals surface area contributed by atoms with E-state index in [0.29, 0.717) is 0 Å². The Hall–Kier alpha value is -0.610. The van der Waals surface area contributed by atoms with Crippen molar-refractivity contribution in [2.45, 2.75) is 26.2 Å². The van der Waals surface area contributed by atoms with E-state index in [1.54, 1.807) is 0 Å². The van der Waals surface area contributed by atoms with Gasteiger partial charge in [0.05, 0.1) is 5.92 Å². The Balaban J connectivity index is 1.75. The zero-order valence-electron chi connectivity index (χ0n) is 11.1. The van der Waals surface area contributed by atoms with Gasteiger partial charge in [-0.1, -0.05) is 6.92 Å². The molecule has 0 spiro atoms. The lowest BCUT2D eigenvalue weighted by Gasteiger charge is -2.34. The molecule has 98 valence electrons. The van der Waals surface area contributed by atoms with Crippen molar-refractivity contribution in [3.05, 3.63) is 0 Å². The fourth-order valence-electron chi connectivity index (χ4n) is 2.86. The van der Waals surface area contributed by atoms with E-state index in [1.165, 1.54) is 12.8 Å². The van der Waals surface area contributed by atoms with Crippen LogP contribution in [0.15, 0.2) is 0 Å². The standard InChI is InChI=1S/C13H25N3O/c1-13(5-3-6-14-9-13)10-15-12(17)11-4-7-16(2)8-11/h11,14H,3-10H2,1-2H3,(H,15,17). The predicted molar refractivity (Wildman–Crippen MR) is 68.8 cm³/mol. The minimum absolute atomic E-state index is 0.208. The maximum Gasteiger partial charge on any atom is 0.224 e. The number of likely N-dealkylation sites (tertiary alicyclic amines) is 1. The molecule has 4 heteroatoms. The quantitative estimate of drug-likeness (QED) is 0.751. The van der Waals surface area contributed by atoms with Crippen LogP contribution in [0.25, 0.3) is 0 Å². The Kier molecular flexibility index (Phi) is 4.05. The zero-order valence-corrected chi connectivity index (χ0v) is 11.1. The van der Waals surface area contributed by atoms with Gasteiger partial charge in [-0.05, 0) is 44.8 Å². The molecule has 1 amide bonds. The molecule has 2 heterocycles. The molecule has 0 aromatic rings. The Morgan fingerprint density at radius 3 is 3.00 bits per heavy atom. The molecule has 0 saturated carbocycles. The van der Waals surface area contributed by atoms with Crippen LogP contribution >= 0.6 is 0 Å². The normalized spacial score (nSPS) is 34.8. The van der Waals surface area contributed by atoms with E-state index in [9.17, 15) is 4.79 Å². The van der Waals surface area contributed by atoms with Crippen LogP contribution in [-0.4, -0.2) is 50.6 Å². The van der Waals surface area contributed by atoms with E-state index in [-0.39, 0.29) is 17.2 Å². The second kappa shape index (κ2) is 5.36. The van der Waals surface area contributed by atoms with Crippen molar-refractivity contribution in [2.75, 3.05) is 39.8 Å². The summed E-state index contributed by atoms with van der Waals surface area (Å²) in [6.07, 6.45) is 3.45. The topological polar surface area (TPSA) is 44.4 Å². The van der Waals surface area contributed by atoms with Crippen LogP contribution in [-0.2, 0) is 4.79 Å². The molecular formula is C13H25N3O. The first-order valence-electron chi connectivity index (χ1n) is 6.76. The van der Waals surface area contributed by atoms with Gasteiger partial charge in [0.2, 0.25) is 5.91 Å². The molecule has 0 radical (unpaired) electrons. The van der Waals surface area contributed by atoms with Crippen LogP contribution < -0.4 is 10.6 Å². The highest BCUT2D eigenvalue weighted by molar-refractivity contribution is 5.79. The second-order valence-corrected chi connectivity index (χ2v) is 6.06. The Labute approximate surface area is 104 Å². The summed E-state index contributed by atoms with van der Waals surface area (Å²) in [4.78, 5) is 14.2. The van der Waals surface area contributed by atoms with Crippen molar-refractivity contribution in [3.8, 4) is 0 Å². The minimum atomic E-state index is 0.208. The number of carbonyl (C=O) groups is 1. The summed E-state index contributed by atoms with van der Waals surface area (Å²) in [6.45, 7) is 7.20. The van der Waals surface area contributed by atoms with Crippen LogP contribution in [0.2, 0.25) is 0 Å². The number of rotatable bonds is 3. The highest BCUT2D eigenvalue weighted by Crippen LogP contribution is 2.24. The highest BCUT2D eigenvalue weighted by atomic mass is 16.1. The lowest BCUT2D eigenvalue weighted by Crippen LogP contribution is -2.47. The molecule has 4 nitrogen and oxygen atoms in total. The smallest absolute Gasteiger partial charge is 0.224 e. The summed E-state index contributed by atoms with van der Waals surface area (Å²) in [7, 11) is 2.08. The van der Waals surface area contributed by atoms with Crippen LogP contribution in [0.3, 0.4) is 0 Å². The predicted octanol–water partition coefficient (Wildman–Crippen LogP) is 0.444. The van der Waals surface area contributed by atoms with Crippen LogP contribution in [0.5, 0.6) is 0 Å². The van der Waals surface area contributed by atoms with E-state index in [1.807, 2.05) is 0 Å². The summed E-state index contributed by atoms with van der Waals surface area (Å²) in [5, 5.41) is 6.57. The molecule has 0 aliphatic carbocycles. The van der Waals surface area contributed by atoms with Gasteiger partial charge >= 0.3 is 0 Å². The third kappa shape index (κ3) is 3.42. The number of amides is 1. The third-order valence-electron chi connectivity index (χ3n) is 4.14. The van der Waals surface area contributed by atoms with Crippen molar-refractivity contribution in [2.24, 2.45) is 11.3 Å². The summed E-state index contributed by atoms with van der Waals surface area (Å²) >= 11 is 0. The van der Waals surface area contributed by atoms with E-state index < -0.39 is 0 Å². The number of hydrogen-bond acceptors (Lipinski definition) is 3. The first-order chi connectivity index (χ1) is 8.09.